The van der Waals surface area contributed by atoms with Gasteiger partial charge in [0.1, 0.15) is 6.67 Å². The molecule has 0 fully saturated rings. The first-order chi connectivity index (χ1) is 3.84. The highest BCUT2D eigenvalue weighted by Crippen LogP contribution is 2.09. The third-order valence-electron chi connectivity index (χ3n) is 0.799. The predicted molar refractivity (Wildman–Crippen MR) is 28.4 cm³/mol. The second kappa shape index (κ2) is 2.13. The Morgan fingerprint density at radius 3 is 2.88 bits per heavy atom. The number of halogens is 2. The molecule has 2 nitrogen and oxygen atoms in total. The van der Waals surface area contributed by atoms with Crippen LogP contribution < -0.4 is 0 Å². The van der Waals surface area contributed by atoms with Gasteiger partial charge in [0.25, 0.3) is 0 Å². The van der Waals surface area contributed by atoms with Gasteiger partial charge in [-0.15, -0.1) is 0 Å². The molecule has 0 radical (unpaired) electrons. The molecule has 0 unspecified atom stereocenters. The van der Waals surface area contributed by atoms with Crippen molar-refractivity contribution in [3.63, 3.8) is 0 Å². The maximum Gasteiger partial charge on any atom is 0.152 e. The predicted octanol–water partition coefficient (Wildman–Crippen LogP) is 1.53. The van der Waals surface area contributed by atoms with E-state index < -0.39 is 6.67 Å². The van der Waals surface area contributed by atoms with Gasteiger partial charge in [-0.1, -0.05) is 11.6 Å². The minimum Gasteiger partial charge on any atom is -0.345 e. The van der Waals surface area contributed by atoms with Crippen molar-refractivity contribution in [2.24, 2.45) is 0 Å². The molecule has 1 aromatic heterocycles. The summed E-state index contributed by atoms with van der Waals surface area (Å²) in [5.74, 6) is 0. The van der Waals surface area contributed by atoms with E-state index in [1.54, 1.807) is 0 Å². The van der Waals surface area contributed by atoms with Gasteiger partial charge in [-0.3, -0.25) is 0 Å². The first kappa shape index (κ1) is 5.56. The molecular formula is C4H4ClFN2. The second-order valence-electron chi connectivity index (χ2n) is 1.31. The molecule has 1 aromatic rings. The number of aromatic amines is 1. The number of H-pyrrole nitrogens is 1. The van der Waals surface area contributed by atoms with Crippen molar-refractivity contribution in [1.82, 2.24) is 9.97 Å². The van der Waals surface area contributed by atoms with Crippen LogP contribution in [0.15, 0.2) is 6.33 Å². The average Bonchev–Trinajstić information content (AvgIpc) is 2.14. The number of nitrogens with zero attached hydrogens (tertiary/aromatic N) is 1. The summed E-state index contributed by atoms with van der Waals surface area (Å²) in [5, 5.41) is 0.215. The molecule has 1 N–H and O–H groups in total. The summed E-state index contributed by atoms with van der Waals surface area (Å²) in [6.45, 7) is -0.584. The van der Waals surface area contributed by atoms with Gasteiger partial charge in [0, 0.05) is 0 Å². The zero-order chi connectivity index (χ0) is 5.98. The van der Waals surface area contributed by atoms with Crippen molar-refractivity contribution in [2.75, 3.05) is 0 Å². The summed E-state index contributed by atoms with van der Waals surface area (Å²) in [4.78, 5) is 6.09. The number of aromatic nitrogens is 2. The molecule has 4 heteroatoms. The second-order valence-corrected chi connectivity index (χ2v) is 1.66. The summed E-state index contributed by atoms with van der Waals surface area (Å²) >= 11 is 5.36. The van der Waals surface area contributed by atoms with E-state index in [0.717, 1.165) is 0 Å². The molecule has 0 saturated carbocycles. The lowest BCUT2D eigenvalue weighted by molar-refractivity contribution is 0.477. The number of hydrogen-bond donors (Lipinski definition) is 1. The van der Waals surface area contributed by atoms with E-state index in [9.17, 15) is 4.39 Å². The van der Waals surface area contributed by atoms with Crippen LogP contribution in [0.3, 0.4) is 0 Å². The standard InChI is InChI=1S/C4H4ClFN2/c5-4-3(1-6)7-2-8-4/h2H,1H2,(H,7,8). The van der Waals surface area contributed by atoms with E-state index in [1.807, 2.05) is 0 Å². The fourth-order valence-electron chi connectivity index (χ4n) is 0.398. The Morgan fingerprint density at radius 1 is 1.88 bits per heavy atom. The van der Waals surface area contributed by atoms with Crippen LogP contribution in [0.25, 0.3) is 0 Å². The quantitative estimate of drug-likeness (QED) is 0.620. The molecule has 1 rings (SSSR count). The average molecular weight is 135 g/mol. The van der Waals surface area contributed by atoms with Gasteiger partial charge in [0.05, 0.1) is 12.0 Å². The molecule has 0 atom stereocenters. The van der Waals surface area contributed by atoms with Gasteiger partial charge in [0.2, 0.25) is 0 Å². The van der Waals surface area contributed by atoms with Crippen molar-refractivity contribution in [1.29, 1.82) is 0 Å². The highest BCUT2D eigenvalue weighted by atomic mass is 35.5. The van der Waals surface area contributed by atoms with E-state index in [-0.39, 0.29) is 5.15 Å². The van der Waals surface area contributed by atoms with Crippen LogP contribution in [-0.2, 0) is 6.67 Å². The van der Waals surface area contributed by atoms with Gasteiger partial charge < -0.3 is 4.98 Å². The molecule has 1 heterocycles. The lowest BCUT2D eigenvalue weighted by Crippen LogP contribution is -1.75. The van der Waals surface area contributed by atoms with Gasteiger partial charge in [-0.05, 0) is 0 Å². The Morgan fingerprint density at radius 2 is 2.62 bits per heavy atom. The van der Waals surface area contributed by atoms with Crippen molar-refractivity contribution < 1.29 is 4.39 Å². The molecule has 0 aromatic carbocycles. The Bertz CT molecular complexity index is 174. The zero-order valence-electron chi connectivity index (χ0n) is 3.99. The first-order valence-electron chi connectivity index (χ1n) is 2.08. The highest BCUT2D eigenvalue weighted by molar-refractivity contribution is 6.30. The Balaban J connectivity index is 2.92. The van der Waals surface area contributed by atoms with Crippen molar-refractivity contribution >= 4 is 11.6 Å². The molecule has 0 spiro atoms. The third kappa shape index (κ3) is 0.816. The summed E-state index contributed by atoms with van der Waals surface area (Å²) in [7, 11) is 0. The fraction of sp³-hybridized carbons (Fsp3) is 0.250. The summed E-state index contributed by atoms with van der Waals surface area (Å²) in [6, 6.07) is 0. The van der Waals surface area contributed by atoms with Crippen LogP contribution in [0, 0.1) is 0 Å². The lowest BCUT2D eigenvalue weighted by Gasteiger charge is -1.82. The molecule has 8 heavy (non-hydrogen) atoms. The van der Waals surface area contributed by atoms with Crippen molar-refractivity contribution in [3.05, 3.63) is 17.2 Å². The monoisotopic (exact) mass is 134 g/mol. The van der Waals surface area contributed by atoms with E-state index in [0.29, 0.717) is 5.69 Å². The van der Waals surface area contributed by atoms with Crippen LogP contribution in [0.1, 0.15) is 5.69 Å². The van der Waals surface area contributed by atoms with Crippen molar-refractivity contribution in [3.8, 4) is 0 Å². The Hall–Kier alpha value is -0.570. The maximum absolute atomic E-state index is 11.7. The minimum atomic E-state index is -0.584. The van der Waals surface area contributed by atoms with Crippen LogP contribution in [0.4, 0.5) is 4.39 Å². The smallest absolute Gasteiger partial charge is 0.152 e. The first-order valence-corrected chi connectivity index (χ1v) is 2.46. The zero-order valence-corrected chi connectivity index (χ0v) is 4.74. The number of rotatable bonds is 1. The number of nitrogens with one attached hydrogen (secondary N) is 1. The highest BCUT2D eigenvalue weighted by Gasteiger charge is 1.98. The number of alkyl halides is 1. The summed E-state index contributed by atoms with van der Waals surface area (Å²) in [6.07, 6.45) is 1.36. The van der Waals surface area contributed by atoms with Crippen LogP contribution in [-0.4, -0.2) is 9.97 Å². The topological polar surface area (TPSA) is 28.7 Å². The SMILES string of the molecule is FCc1[nH]cnc1Cl. The molecule has 0 amide bonds. The summed E-state index contributed by atoms with van der Waals surface area (Å²) in [5.41, 5.74) is 0.340. The molecular weight excluding hydrogens is 131 g/mol. The summed E-state index contributed by atoms with van der Waals surface area (Å²) < 4.78 is 11.7. The van der Waals surface area contributed by atoms with Gasteiger partial charge >= 0.3 is 0 Å². The van der Waals surface area contributed by atoms with Gasteiger partial charge in [-0.2, -0.15) is 0 Å². The van der Waals surface area contributed by atoms with Crippen molar-refractivity contribution in [2.45, 2.75) is 6.67 Å². The Kier molecular flexibility index (Phi) is 1.48. The Labute approximate surface area is 50.7 Å². The fourth-order valence-corrected chi connectivity index (χ4v) is 0.552. The molecule has 0 aliphatic carbocycles. The minimum absolute atomic E-state index is 0.215. The largest absolute Gasteiger partial charge is 0.345 e. The maximum atomic E-state index is 11.7. The molecule has 0 aliphatic rings. The third-order valence-corrected chi connectivity index (χ3v) is 1.13. The van der Waals surface area contributed by atoms with Crippen LogP contribution in [0.5, 0.6) is 0 Å². The molecule has 0 saturated heterocycles. The van der Waals surface area contributed by atoms with Gasteiger partial charge in [-0.25, -0.2) is 9.37 Å². The number of imidazole rings is 1. The van der Waals surface area contributed by atoms with E-state index >= 15 is 0 Å². The van der Waals surface area contributed by atoms with Crippen LogP contribution >= 0.6 is 11.6 Å². The molecule has 0 bridgehead atoms. The van der Waals surface area contributed by atoms with Crippen LogP contribution in [0.2, 0.25) is 5.15 Å². The van der Waals surface area contributed by atoms with E-state index in [2.05, 4.69) is 9.97 Å². The van der Waals surface area contributed by atoms with E-state index in [1.165, 1.54) is 6.33 Å². The van der Waals surface area contributed by atoms with E-state index in [4.69, 9.17) is 11.6 Å². The lowest BCUT2D eigenvalue weighted by atomic mass is 10.5. The normalized spacial score (nSPS) is 9.75. The molecule has 44 valence electrons. The van der Waals surface area contributed by atoms with Gasteiger partial charge in [0.15, 0.2) is 5.15 Å². The number of hydrogen-bond acceptors (Lipinski definition) is 1. The molecule has 0 aliphatic heterocycles.